The van der Waals surface area contributed by atoms with Gasteiger partial charge in [-0.15, -0.1) is 0 Å². The second-order valence-corrected chi connectivity index (χ2v) is 5.74. The number of anilines is 1. The molecule has 0 atom stereocenters. The summed E-state index contributed by atoms with van der Waals surface area (Å²) in [5.41, 5.74) is 0.695. The third-order valence-electron chi connectivity index (χ3n) is 4.36. The fourth-order valence-electron chi connectivity index (χ4n) is 2.97. The average molecular weight is 256 g/mol. The molecule has 0 bridgehead atoms. The summed E-state index contributed by atoms with van der Waals surface area (Å²) in [7, 11) is 0. The minimum atomic E-state index is -0.0819. The van der Waals surface area contributed by atoms with Crippen LogP contribution in [0.3, 0.4) is 0 Å². The zero-order valence-electron chi connectivity index (χ0n) is 10.9. The van der Waals surface area contributed by atoms with Gasteiger partial charge in [-0.1, -0.05) is 0 Å². The summed E-state index contributed by atoms with van der Waals surface area (Å²) in [5.74, 6) is 2.06. The normalized spacial score (nSPS) is 20.5. The largest absolute Gasteiger partial charge is 0.346 e. The predicted molar refractivity (Wildman–Crippen MR) is 71.6 cm³/mol. The van der Waals surface area contributed by atoms with Crippen LogP contribution in [0.4, 0.5) is 5.82 Å². The molecule has 0 saturated heterocycles. The Kier molecular flexibility index (Phi) is 2.05. The van der Waals surface area contributed by atoms with E-state index in [1.54, 1.807) is 0 Å². The minimum Gasteiger partial charge on any atom is -0.346 e. The number of hydrogen-bond donors (Lipinski definition) is 2. The van der Waals surface area contributed by atoms with Gasteiger partial charge in [-0.2, -0.15) is 0 Å². The van der Waals surface area contributed by atoms with Crippen molar-refractivity contribution >= 4 is 22.8 Å². The number of rotatable bonds is 3. The number of carbonyl (C=O) groups is 1. The summed E-state index contributed by atoms with van der Waals surface area (Å²) in [6.07, 6.45) is 6.29. The topological polar surface area (TPSA) is 70.7 Å². The molecule has 2 N–H and O–H groups in total. The van der Waals surface area contributed by atoms with Crippen molar-refractivity contribution in [2.75, 3.05) is 5.32 Å². The second-order valence-electron chi connectivity index (χ2n) is 5.74. The fraction of sp³-hybridized carbons (Fsp3) is 0.500. The van der Waals surface area contributed by atoms with Crippen LogP contribution in [-0.2, 0) is 4.79 Å². The van der Waals surface area contributed by atoms with Gasteiger partial charge in [0.2, 0.25) is 5.91 Å². The Balaban J connectivity index is 1.67. The van der Waals surface area contributed by atoms with Crippen molar-refractivity contribution in [3.8, 4) is 0 Å². The molecule has 5 heteroatoms. The monoisotopic (exact) mass is 256 g/mol. The maximum atomic E-state index is 12.5. The van der Waals surface area contributed by atoms with Crippen LogP contribution in [-0.4, -0.2) is 20.9 Å². The molecular formula is C14H16N4O. The molecule has 0 aromatic carbocycles. The standard InChI is InChI=1S/C14H16N4O/c1-8-16-11-10(4-7-15-11)12(17-8)18-13(19)14(5-6-14)9-2-3-9/h4,7,9H,2-3,5-6H2,1H3,(H2,15,16,17,18,19). The third-order valence-corrected chi connectivity index (χ3v) is 4.36. The van der Waals surface area contributed by atoms with Crippen molar-refractivity contribution in [1.82, 2.24) is 15.0 Å². The van der Waals surface area contributed by atoms with E-state index in [2.05, 4.69) is 20.3 Å². The van der Waals surface area contributed by atoms with E-state index in [1.165, 1.54) is 12.8 Å². The zero-order chi connectivity index (χ0) is 13.0. The van der Waals surface area contributed by atoms with Crippen LogP contribution in [0.15, 0.2) is 12.3 Å². The summed E-state index contributed by atoms with van der Waals surface area (Å²) in [6.45, 7) is 1.84. The summed E-state index contributed by atoms with van der Waals surface area (Å²) in [5, 5.41) is 3.91. The van der Waals surface area contributed by atoms with Gasteiger partial charge in [-0.05, 0) is 44.6 Å². The van der Waals surface area contributed by atoms with Gasteiger partial charge < -0.3 is 10.3 Å². The van der Waals surface area contributed by atoms with Gasteiger partial charge >= 0.3 is 0 Å². The number of carbonyl (C=O) groups excluding carboxylic acids is 1. The minimum absolute atomic E-state index is 0.0819. The summed E-state index contributed by atoms with van der Waals surface area (Å²) in [6, 6.07) is 1.90. The number of H-pyrrole nitrogens is 1. The van der Waals surface area contributed by atoms with Crippen LogP contribution in [0.5, 0.6) is 0 Å². The Bertz CT molecular complexity index is 667. The highest BCUT2D eigenvalue weighted by Crippen LogP contribution is 2.61. The van der Waals surface area contributed by atoms with Crippen LogP contribution in [0.1, 0.15) is 31.5 Å². The van der Waals surface area contributed by atoms with Crippen LogP contribution < -0.4 is 5.32 Å². The Morgan fingerprint density at radius 1 is 1.42 bits per heavy atom. The molecule has 19 heavy (non-hydrogen) atoms. The van der Waals surface area contributed by atoms with E-state index in [0.717, 1.165) is 23.9 Å². The van der Waals surface area contributed by atoms with Gasteiger partial charge in [0.1, 0.15) is 17.3 Å². The van der Waals surface area contributed by atoms with E-state index >= 15 is 0 Å². The molecule has 0 spiro atoms. The highest BCUT2D eigenvalue weighted by atomic mass is 16.2. The highest BCUT2D eigenvalue weighted by Gasteiger charge is 2.59. The van der Waals surface area contributed by atoms with E-state index in [1.807, 2.05) is 19.2 Å². The van der Waals surface area contributed by atoms with Crippen molar-refractivity contribution < 1.29 is 4.79 Å². The van der Waals surface area contributed by atoms with Gasteiger partial charge in [-0.25, -0.2) is 9.97 Å². The molecule has 2 saturated carbocycles. The molecule has 1 amide bonds. The number of hydrogen-bond acceptors (Lipinski definition) is 3. The maximum absolute atomic E-state index is 12.5. The Labute approximate surface area is 110 Å². The van der Waals surface area contributed by atoms with Crippen LogP contribution in [0.25, 0.3) is 11.0 Å². The van der Waals surface area contributed by atoms with Gasteiger partial charge in [-0.3, -0.25) is 4.79 Å². The fourth-order valence-corrected chi connectivity index (χ4v) is 2.97. The van der Waals surface area contributed by atoms with Crippen molar-refractivity contribution in [2.45, 2.75) is 32.6 Å². The number of fused-ring (bicyclic) bond motifs is 1. The second kappa shape index (κ2) is 3.56. The molecule has 2 aromatic rings. The summed E-state index contributed by atoms with van der Waals surface area (Å²) >= 11 is 0. The molecule has 98 valence electrons. The molecule has 2 aliphatic carbocycles. The first-order valence-corrected chi connectivity index (χ1v) is 6.82. The van der Waals surface area contributed by atoms with Crippen LogP contribution >= 0.6 is 0 Å². The molecule has 2 aliphatic rings. The molecule has 0 radical (unpaired) electrons. The lowest BCUT2D eigenvalue weighted by Gasteiger charge is -2.14. The maximum Gasteiger partial charge on any atom is 0.232 e. The Morgan fingerprint density at radius 3 is 2.89 bits per heavy atom. The lowest BCUT2D eigenvalue weighted by Crippen LogP contribution is -2.26. The number of nitrogens with one attached hydrogen (secondary N) is 2. The van der Waals surface area contributed by atoms with E-state index in [4.69, 9.17) is 0 Å². The van der Waals surface area contributed by atoms with Crippen molar-refractivity contribution in [3.63, 3.8) is 0 Å². The van der Waals surface area contributed by atoms with E-state index < -0.39 is 0 Å². The molecule has 0 unspecified atom stereocenters. The molecule has 2 heterocycles. The Morgan fingerprint density at radius 2 is 2.21 bits per heavy atom. The SMILES string of the molecule is Cc1nc(NC(=O)C2(C3CC3)CC2)c2cc[nH]c2n1. The Hall–Kier alpha value is -1.91. The van der Waals surface area contributed by atoms with E-state index in [0.29, 0.717) is 17.6 Å². The first-order chi connectivity index (χ1) is 9.19. The quantitative estimate of drug-likeness (QED) is 0.885. The van der Waals surface area contributed by atoms with Gasteiger partial charge in [0.25, 0.3) is 0 Å². The lowest BCUT2D eigenvalue weighted by molar-refractivity contribution is -0.121. The lowest BCUT2D eigenvalue weighted by atomic mass is 10.00. The molecular weight excluding hydrogens is 240 g/mol. The zero-order valence-corrected chi connectivity index (χ0v) is 10.9. The molecule has 2 aromatic heterocycles. The third kappa shape index (κ3) is 1.64. The number of amides is 1. The van der Waals surface area contributed by atoms with Gasteiger partial charge in [0, 0.05) is 6.20 Å². The number of nitrogens with zero attached hydrogens (tertiary/aromatic N) is 2. The van der Waals surface area contributed by atoms with Crippen molar-refractivity contribution in [2.24, 2.45) is 11.3 Å². The highest BCUT2D eigenvalue weighted by molar-refractivity contribution is 6.02. The number of aromatic nitrogens is 3. The summed E-state index contributed by atoms with van der Waals surface area (Å²) < 4.78 is 0. The molecule has 0 aliphatic heterocycles. The number of aryl methyl sites for hydroxylation is 1. The molecule has 4 rings (SSSR count). The van der Waals surface area contributed by atoms with Gasteiger partial charge in [0.15, 0.2) is 0 Å². The van der Waals surface area contributed by atoms with Gasteiger partial charge in [0.05, 0.1) is 10.8 Å². The van der Waals surface area contributed by atoms with E-state index in [-0.39, 0.29) is 11.3 Å². The van der Waals surface area contributed by atoms with Crippen molar-refractivity contribution in [3.05, 3.63) is 18.1 Å². The molecule has 2 fully saturated rings. The first kappa shape index (κ1) is 11.0. The molecule has 5 nitrogen and oxygen atoms in total. The first-order valence-electron chi connectivity index (χ1n) is 6.82. The number of aromatic amines is 1. The smallest absolute Gasteiger partial charge is 0.232 e. The summed E-state index contributed by atoms with van der Waals surface area (Å²) in [4.78, 5) is 24.2. The van der Waals surface area contributed by atoms with E-state index in [9.17, 15) is 4.79 Å². The predicted octanol–water partition coefficient (Wildman–Crippen LogP) is 2.40. The van der Waals surface area contributed by atoms with Crippen LogP contribution in [0.2, 0.25) is 0 Å². The average Bonchev–Trinajstić information content (AvgIpc) is 3.25. The van der Waals surface area contributed by atoms with Crippen molar-refractivity contribution in [1.29, 1.82) is 0 Å². The van der Waals surface area contributed by atoms with Crippen LogP contribution in [0, 0.1) is 18.3 Å².